The van der Waals surface area contributed by atoms with Gasteiger partial charge in [-0.15, -0.1) is 0 Å². The maximum atomic E-state index is 10.7. The van der Waals surface area contributed by atoms with E-state index < -0.39 is 5.97 Å². The zero-order valence-corrected chi connectivity index (χ0v) is 12.1. The van der Waals surface area contributed by atoms with Crippen molar-refractivity contribution in [2.75, 3.05) is 39.8 Å². The lowest BCUT2D eigenvalue weighted by Gasteiger charge is -2.34. The molecular formula is C15H22N2O3. The van der Waals surface area contributed by atoms with Crippen LogP contribution in [0.1, 0.15) is 11.1 Å². The van der Waals surface area contributed by atoms with Crippen molar-refractivity contribution < 1.29 is 14.6 Å². The number of ether oxygens (including phenoxy) is 1. The molecule has 5 nitrogen and oxygen atoms in total. The van der Waals surface area contributed by atoms with Crippen LogP contribution in [0.5, 0.6) is 5.75 Å². The van der Waals surface area contributed by atoms with Gasteiger partial charge in [0.15, 0.2) is 0 Å². The first kappa shape index (κ1) is 14.8. The first-order valence-electron chi connectivity index (χ1n) is 6.88. The number of nitrogens with zero attached hydrogens (tertiary/aromatic N) is 2. The van der Waals surface area contributed by atoms with Crippen molar-refractivity contribution in [2.24, 2.45) is 0 Å². The standard InChI is InChI=1S/C15H22N2O3/c1-12-3-4-14(20-2)13(9-12)10-16-5-7-17(8-6-16)11-15(18)19/h3-4,9H,5-8,10-11H2,1-2H3,(H,18,19). The van der Waals surface area contributed by atoms with Gasteiger partial charge in [0, 0.05) is 38.3 Å². The molecule has 1 N–H and O–H groups in total. The van der Waals surface area contributed by atoms with Crippen molar-refractivity contribution in [1.29, 1.82) is 0 Å². The molecule has 0 radical (unpaired) electrons. The van der Waals surface area contributed by atoms with Gasteiger partial charge in [0.25, 0.3) is 0 Å². The molecule has 20 heavy (non-hydrogen) atoms. The van der Waals surface area contributed by atoms with E-state index in [1.54, 1.807) is 7.11 Å². The Bertz CT molecular complexity index is 468. The number of methoxy groups -OCH3 is 1. The maximum absolute atomic E-state index is 10.7. The highest BCUT2D eigenvalue weighted by Gasteiger charge is 2.19. The number of carboxylic acids is 1. The van der Waals surface area contributed by atoms with Crippen molar-refractivity contribution >= 4 is 5.97 Å². The summed E-state index contributed by atoms with van der Waals surface area (Å²) in [5, 5.41) is 8.79. The number of piperazine rings is 1. The number of hydrogen-bond acceptors (Lipinski definition) is 4. The van der Waals surface area contributed by atoms with E-state index in [-0.39, 0.29) is 6.54 Å². The lowest BCUT2D eigenvalue weighted by Crippen LogP contribution is -2.47. The van der Waals surface area contributed by atoms with Crippen LogP contribution in [-0.4, -0.2) is 60.7 Å². The van der Waals surface area contributed by atoms with Crippen LogP contribution in [0.3, 0.4) is 0 Å². The zero-order valence-electron chi connectivity index (χ0n) is 12.1. The second-order valence-electron chi connectivity index (χ2n) is 5.26. The molecule has 0 amide bonds. The molecule has 1 aromatic carbocycles. The van der Waals surface area contributed by atoms with E-state index in [1.807, 2.05) is 17.0 Å². The summed E-state index contributed by atoms with van der Waals surface area (Å²) in [6.07, 6.45) is 0. The SMILES string of the molecule is COc1ccc(C)cc1CN1CCN(CC(=O)O)CC1. The quantitative estimate of drug-likeness (QED) is 0.877. The molecule has 110 valence electrons. The van der Waals surface area contributed by atoms with Crippen LogP contribution in [0.15, 0.2) is 18.2 Å². The lowest BCUT2D eigenvalue weighted by atomic mass is 10.1. The topological polar surface area (TPSA) is 53.0 Å². The Morgan fingerprint density at radius 1 is 1.25 bits per heavy atom. The van der Waals surface area contributed by atoms with Gasteiger partial charge in [0.2, 0.25) is 0 Å². The van der Waals surface area contributed by atoms with E-state index in [4.69, 9.17) is 9.84 Å². The van der Waals surface area contributed by atoms with E-state index in [9.17, 15) is 4.79 Å². The minimum Gasteiger partial charge on any atom is -0.496 e. The number of benzene rings is 1. The highest BCUT2D eigenvalue weighted by atomic mass is 16.5. The molecule has 2 rings (SSSR count). The predicted molar refractivity (Wildman–Crippen MR) is 77.1 cm³/mol. The van der Waals surface area contributed by atoms with E-state index in [0.29, 0.717) is 0 Å². The second kappa shape index (κ2) is 6.72. The molecule has 0 aliphatic carbocycles. The van der Waals surface area contributed by atoms with Crippen molar-refractivity contribution in [1.82, 2.24) is 9.80 Å². The van der Waals surface area contributed by atoms with Crippen LogP contribution in [0.25, 0.3) is 0 Å². The van der Waals surface area contributed by atoms with Crippen LogP contribution in [-0.2, 0) is 11.3 Å². The van der Waals surface area contributed by atoms with Crippen molar-refractivity contribution in [3.8, 4) is 5.75 Å². The summed E-state index contributed by atoms with van der Waals surface area (Å²) in [5.41, 5.74) is 2.42. The number of rotatable bonds is 5. The van der Waals surface area contributed by atoms with Crippen LogP contribution in [0.2, 0.25) is 0 Å². The fourth-order valence-electron chi connectivity index (χ4n) is 2.57. The number of carboxylic acid groups (broad SMARTS) is 1. The number of aliphatic carboxylic acids is 1. The van der Waals surface area contributed by atoms with Crippen molar-refractivity contribution in [3.05, 3.63) is 29.3 Å². The molecule has 5 heteroatoms. The molecular weight excluding hydrogens is 256 g/mol. The molecule has 1 saturated heterocycles. The van der Waals surface area contributed by atoms with Gasteiger partial charge in [0.05, 0.1) is 13.7 Å². The van der Waals surface area contributed by atoms with E-state index in [1.165, 1.54) is 11.1 Å². The summed E-state index contributed by atoms with van der Waals surface area (Å²) < 4.78 is 5.40. The van der Waals surface area contributed by atoms with E-state index in [0.717, 1.165) is 38.5 Å². The fraction of sp³-hybridized carbons (Fsp3) is 0.533. The normalized spacial score (nSPS) is 17.1. The molecule has 1 aliphatic rings. The van der Waals surface area contributed by atoms with Gasteiger partial charge in [-0.05, 0) is 13.0 Å². The van der Waals surface area contributed by atoms with Crippen LogP contribution < -0.4 is 4.74 Å². The Balaban J connectivity index is 1.92. The molecule has 0 bridgehead atoms. The predicted octanol–water partition coefficient (Wildman–Crippen LogP) is 1.21. The fourth-order valence-corrected chi connectivity index (χ4v) is 2.57. The highest BCUT2D eigenvalue weighted by Crippen LogP contribution is 2.21. The third-order valence-electron chi connectivity index (χ3n) is 3.65. The first-order chi connectivity index (χ1) is 9.58. The van der Waals surface area contributed by atoms with Crippen molar-refractivity contribution in [3.63, 3.8) is 0 Å². The average Bonchev–Trinajstić information content (AvgIpc) is 2.41. The third-order valence-corrected chi connectivity index (χ3v) is 3.65. The van der Waals surface area contributed by atoms with Crippen LogP contribution in [0.4, 0.5) is 0 Å². The zero-order chi connectivity index (χ0) is 14.5. The molecule has 1 heterocycles. The Kier molecular flexibility index (Phi) is 4.98. The highest BCUT2D eigenvalue weighted by molar-refractivity contribution is 5.69. The van der Waals surface area contributed by atoms with Gasteiger partial charge in [-0.3, -0.25) is 14.6 Å². The minimum atomic E-state index is -0.751. The first-order valence-corrected chi connectivity index (χ1v) is 6.88. The van der Waals surface area contributed by atoms with Gasteiger partial charge in [-0.2, -0.15) is 0 Å². The maximum Gasteiger partial charge on any atom is 0.317 e. The Labute approximate surface area is 119 Å². The molecule has 1 aliphatic heterocycles. The summed E-state index contributed by atoms with van der Waals surface area (Å²) in [6.45, 7) is 6.47. The van der Waals surface area contributed by atoms with E-state index in [2.05, 4.69) is 17.9 Å². The van der Waals surface area contributed by atoms with Crippen LogP contribution >= 0.6 is 0 Å². The summed E-state index contributed by atoms with van der Waals surface area (Å²) in [4.78, 5) is 15.0. The largest absolute Gasteiger partial charge is 0.496 e. The molecule has 0 unspecified atom stereocenters. The third kappa shape index (κ3) is 3.95. The van der Waals surface area contributed by atoms with Crippen molar-refractivity contribution in [2.45, 2.75) is 13.5 Å². The monoisotopic (exact) mass is 278 g/mol. The molecule has 1 fully saturated rings. The Hall–Kier alpha value is -1.59. The van der Waals surface area contributed by atoms with Gasteiger partial charge < -0.3 is 9.84 Å². The number of hydrogen-bond donors (Lipinski definition) is 1. The number of aryl methyl sites for hydroxylation is 1. The number of carbonyl (C=O) groups is 1. The molecule has 0 aromatic heterocycles. The van der Waals surface area contributed by atoms with Gasteiger partial charge in [0.1, 0.15) is 5.75 Å². The molecule has 0 spiro atoms. The summed E-state index contributed by atoms with van der Waals surface area (Å²) >= 11 is 0. The molecule has 0 atom stereocenters. The molecule has 0 saturated carbocycles. The van der Waals surface area contributed by atoms with Crippen LogP contribution in [0, 0.1) is 6.92 Å². The van der Waals surface area contributed by atoms with Gasteiger partial charge in [-0.25, -0.2) is 0 Å². The van der Waals surface area contributed by atoms with Gasteiger partial charge >= 0.3 is 5.97 Å². The Morgan fingerprint density at radius 2 is 1.90 bits per heavy atom. The average molecular weight is 278 g/mol. The summed E-state index contributed by atoms with van der Waals surface area (Å²) in [5.74, 6) is 0.169. The van der Waals surface area contributed by atoms with Gasteiger partial charge in [-0.1, -0.05) is 17.7 Å². The summed E-state index contributed by atoms with van der Waals surface area (Å²) in [6, 6.07) is 6.21. The Morgan fingerprint density at radius 3 is 2.50 bits per heavy atom. The lowest BCUT2D eigenvalue weighted by molar-refractivity contribution is -0.138. The second-order valence-corrected chi connectivity index (χ2v) is 5.26. The molecule has 1 aromatic rings. The minimum absolute atomic E-state index is 0.140. The summed E-state index contributed by atoms with van der Waals surface area (Å²) in [7, 11) is 1.69. The smallest absolute Gasteiger partial charge is 0.317 e. The van der Waals surface area contributed by atoms with E-state index >= 15 is 0 Å².